The molecule has 3 rings (SSSR count). The standard InChI is InChI=1S/C14H12N2O3/c15-8-11-9-16(5-6-18-11)14(17)13-7-10-3-1-2-4-12(10)19-13/h1-4,7,11H,5-6,9H2. The third-order valence-corrected chi connectivity index (χ3v) is 3.13. The number of fused-ring (bicyclic) bond motifs is 1. The lowest BCUT2D eigenvalue weighted by atomic mass is 10.2. The van der Waals surface area contributed by atoms with Crippen molar-refractivity contribution in [2.75, 3.05) is 19.7 Å². The van der Waals surface area contributed by atoms with Crippen LogP contribution in [-0.4, -0.2) is 36.6 Å². The number of hydrogen-bond donors (Lipinski definition) is 0. The van der Waals surface area contributed by atoms with Crippen molar-refractivity contribution < 1.29 is 13.9 Å². The van der Waals surface area contributed by atoms with Crippen molar-refractivity contribution in [2.24, 2.45) is 0 Å². The van der Waals surface area contributed by atoms with Crippen LogP contribution in [0.2, 0.25) is 0 Å². The second kappa shape index (κ2) is 4.75. The highest BCUT2D eigenvalue weighted by Gasteiger charge is 2.26. The average Bonchev–Trinajstić information content (AvgIpc) is 2.90. The van der Waals surface area contributed by atoms with Crippen molar-refractivity contribution in [2.45, 2.75) is 6.10 Å². The van der Waals surface area contributed by atoms with Crippen LogP contribution in [0.15, 0.2) is 34.7 Å². The lowest BCUT2D eigenvalue weighted by molar-refractivity contribution is 0.00221. The lowest BCUT2D eigenvalue weighted by Crippen LogP contribution is -2.45. The molecule has 5 heteroatoms. The van der Waals surface area contributed by atoms with E-state index >= 15 is 0 Å². The van der Waals surface area contributed by atoms with E-state index in [-0.39, 0.29) is 12.5 Å². The Labute approximate surface area is 110 Å². The molecule has 0 N–H and O–H groups in total. The van der Waals surface area contributed by atoms with Gasteiger partial charge in [-0.15, -0.1) is 0 Å². The van der Waals surface area contributed by atoms with Crippen molar-refractivity contribution in [3.05, 3.63) is 36.1 Å². The SMILES string of the molecule is N#CC1CN(C(=O)c2cc3ccccc3o2)CCO1. The fourth-order valence-electron chi connectivity index (χ4n) is 2.15. The van der Waals surface area contributed by atoms with E-state index in [4.69, 9.17) is 14.4 Å². The number of para-hydroxylation sites is 1. The van der Waals surface area contributed by atoms with Gasteiger partial charge in [-0.2, -0.15) is 5.26 Å². The van der Waals surface area contributed by atoms with Gasteiger partial charge in [-0.1, -0.05) is 18.2 Å². The maximum absolute atomic E-state index is 12.3. The van der Waals surface area contributed by atoms with Crippen LogP contribution in [-0.2, 0) is 4.74 Å². The summed E-state index contributed by atoms with van der Waals surface area (Å²) in [5, 5.41) is 9.74. The molecule has 5 nitrogen and oxygen atoms in total. The molecule has 1 unspecified atom stereocenters. The molecule has 0 spiro atoms. The highest BCUT2D eigenvalue weighted by molar-refractivity contribution is 5.96. The molecular weight excluding hydrogens is 244 g/mol. The van der Waals surface area contributed by atoms with Gasteiger partial charge in [0.25, 0.3) is 5.91 Å². The van der Waals surface area contributed by atoms with Crippen LogP contribution >= 0.6 is 0 Å². The largest absolute Gasteiger partial charge is 0.451 e. The van der Waals surface area contributed by atoms with Gasteiger partial charge in [-0.05, 0) is 12.1 Å². The number of hydrogen-bond acceptors (Lipinski definition) is 4. The summed E-state index contributed by atoms with van der Waals surface area (Å²) in [4.78, 5) is 13.9. The van der Waals surface area contributed by atoms with Crippen molar-refractivity contribution in [1.29, 1.82) is 5.26 Å². The molecule has 1 aromatic heterocycles. The molecule has 0 bridgehead atoms. The van der Waals surface area contributed by atoms with Crippen molar-refractivity contribution in [1.82, 2.24) is 4.90 Å². The Morgan fingerprint density at radius 2 is 2.26 bits per heavy atom. The minimum atomic E-state index is -0.554. The summed E-state index contributed by atoms with van der Waals surface area (Å²) in [6.07, 6.45) is -0.554. The molecule has 1 aliphatic heterocycles. The Morgan fingerprint density at radius 1 is 1.42 bits per heavy atom. The maximum atomic E-state index is 12.3. The summed E-state index contributed by atoms with van der Waals surface area (Å²) >= 11 is 0. The number of furan rings is 1. The van der Waals surface area contributed by atoms with Gasteiger partial charge in [0.2, 0.25) is 0 Å². The molecule has 0 aliphatic carbocycles. The van der Waals surface area contributed by atoms with Crippen LogP contribution in [0.4, 0.5) is 0 Å². The highest BCUT2D eigenvalue weighted by Crippen LogP contribution is 2.20. The molecule has 2 aromatic rings. The highest BCUT2D eigenvalue weighted by atomic mass is 16.5. The third-order valence-electron chi connectivity index (χ3n) is 3.13. The molecule has 1 atom stereocenters. The molecule has 0 saturated carbocycles. The molecule has 1 saturated heterocycles. The van der Waals surface area contributed by atoms with Crippen LogP contribution in [0.1, 0.15) is 10.6 Å². The topological polar surface area (TPSA) is 66.5 Å². The first-order chi connectivity index (χ1) is 9.28. The molecule has 1 fully saturated rings. The van der Waals surface area contributed by atoms with Crippen LogP contribution in [0.3, 0.4) is 0 Å². The Hall–Kier alpha value is -2.32. The summed E-state index contributed by atoms with van der Waals surface area (Å²) in [5.74, 6) is 0.111. The quantitative estimate of drug-likeness (QED) is 0.780. The zero-order chi connectivity index (χ0) is 13.2. The first kappa shape index (κ1) is 11.8. The van der Waals surface area contributed by atoms with Crippen LogP contribution < -0.4 is 0 Å². The Morgan fingerprint density at radius 3 is 3.05 bits per heavy atom. The van der Waals surface area contributed by atoms with E-state index in [1.54, 1.807) is 11.0 Å². The Bertz CT molecular complexity index is 623. The number of nitriles is 1. The monoisotopic (exact) mass is 256 g/mol. The van der Waals surface area contributed by atoms with E-state index in [0.29, 0.717) is 24.5 Å². The van der Waals surface area contributed by atoms with Crippen molar-refractivity contribution >= 4 is 16.9 Å². The van der Waals surface area contributed by atoms with E-state index in [0.717, 1.165) is 5.39 Å². The van der Waals surface area contributed by atoms with Crippen LogP contribution in [0.25, 0.3) is 11.0 Å². The first-order valence-corrected chi connectivity index (χ1v) is 6.07. The van der Waals surface area contributed by atoms with Crippen LogP contribution in [0.5, 0.6) is 0 Å². The van der Waals surface area contributed by atoms with Crippen molar-refractivity contribution in [3.8, 4) is 6.07 Å². The predicted molar refractivity (Wildman–Crippen MR) is 67.5 cm³/mol. The van der Waals surface area contributed by atoms with E-state index in [1.807, 2.05) is 30.3 Å². The number of carbonyl (C=O) groups excluding carboxylic acids is 1. The summed E-state index contributed by atoms with van der Waals surface area (Å²) < 4.78 is 10.8. The fourth-order valence-corrected chi connectivity index (χ4v) is 2.15. The number of ether oxygens (including phenoxy) is 1. The van der Waals surface area contributed by atoms with Crippen molar-refractivity contribution in [3.63, 3.8) is 0 Å². The minimum absolute atomic E-state index is 0.195. The molecule has 19 heavy (non-hydrogen) atoms. The number of morpholine rings is 1. The fraction of sp³-hybridized carbons (Fsp3) is 0.286. The number of carbonyl (C=O) groups is 1. The Kier molecular flexibility index (Phi) is 2.94. The number of amides is 1. The van der Waals surface area contributed by atoms with E-state index in [1.165, 1.54) is 0 Å². The van der Waals surface area contributed by atoms with Gasteiger partial charge in [-0.25, -0.2) is 0 Å². The second-order valence-electron chi connectivity index (χ2n) is 4.39. The van der Waals surface area contributed by atoms with Gasteiger partial charge in [0, 0.05) is 11.9 Å². The molecule has 0 radical (unpaired) electrons. The molecule has 1 amide bonds. The van der Waals surface area contributed by atoms with Crippen LogP contribution in [0, 0.1) is 11.3 Å². The molecule has 1 aliphatic rings. The summed E-state index contributed by atoms with van der Waals surface area (Å²) in [5.41, 5.74) is 0.691. The number of benzene rings is 1. The van der Waals surface area contributed by atoms with Gasteiger partial charge < -0.3 is 14.1 Å². The third kappa shape index (κ3) is 2.18. The predicted octanol–water partition coefficient (Wildman–Crippen LogP) is 1.80. The minimum Gasteiger partial charge on any atom is -0.451 e. The van der Waals surface area contributed by atoms with Gasteiger partial charge in [-0.3, -0.25) is 4.79 Å². The average molecular weight is 256 g/mol. The summed E-state index contributed by atoms with van der Waals surface area (Å²) in [7, 11) is 0. The zero-order valence-corrected chi connectivity index (χ0v) is 10.2. The normalized spacial score (nSPS) is 19.3. The maximum Gasteiger partial charge on any atom is 0.289 e. The van der Waals surface area contributed by atoms with Gasteiger partial charge in [0.15, 0.2) is 11.9 Å². The number of nitrogens with zero attached hydrogens (tertiary/aromatic N) is 2. The number of rotatable bonds is 1. The van der Waals surface area contributed by atoms with E-state index < -0.39 is 6.10 Å². The molecule has 96 valence electrons. The molecular formula is C14H12N2O3. The second-order valence-corrected chi connectivity index (χ2v) is 4.39. The smallest absolute Gasteiger partial charge is 0.289 e. The Balaban J connectivity index is 1.85. The van der Waals surface area contributed by atoms with E-state index in [9.17, 15) is 4.79 Å². The van der Waals surface area contributed by atoms with Gasteiger partial charge >= 0.3 is 0 Å². The zero-order valence-electron chi connectivity index (χ0n) is 10.2. The van der Waals surface area contributed by atoms with Gasteiger partial charge in [0.1, 0.15) is 5.58 Å². The molecule has 2 heterocycles. The lowest BCUT2D eigenvalue weighted by Gasteiger charge is -2.28. The van der Waals surface area contributed by atoms with Gasteiger partial charge in [0.05, 0.1) is 19.2 Å². The molecule has 1 aromatic carbocycles. The summed E-state index contributed by atoms with van der Waals surface area (Å²) in [6, 6.07) is 11.2. The first-order valence-electron chi connectivity index (χ1n) is 6.07. The van der Waals surface area contributed by atoms with E-state index in [2.05, 4.69) is 0 Å². The summed E-state index contributed by atoms with van der Waals surface area (Å²) in [6.45, 7) is 1.14.